The van der Waals surface area contributed by atoms with E-state index in [0.29, 0.717) is 0 Å². The molecule has 0 aliphatic carbocycles. The van der Waals surface area contributed by atoms with Crippen LogP contribution in [0, 0.1) is 0 Å². The van der Waals surface area contributed by atoms with Gasteiger partial charge in [0.1, 0.15) is 5.75 Å². The second kappa shape index (κ2) is 12.6. The van der Waals surface area contributed by atoms with Gasteiger partial charge in [0, 0.05) is 11.1 Å². The molecule has 1 heterocycles. The molecule has 5 aromatic carbocycles. The van der Waals surface area contributed by atoms with Crippen LogP contribution in [0.5, 0.6) is 5.75 Å². The van der Waals surface area contributed by atoms with Gasteiger partial charge in [-0.05, 0) is 44.1 Å². The Balaban J connectivity index is 1.67. The standard InChI is InChI=1S/C44H49O3P/c1-40(2,3)36-30-37(41(4,5)6)39(38(31-36)42(7,8)9)45-48-46-43(32-22-14-10-15-23-32,33-24-16-11-17-25-33)44(47-48,34-26-18-12-19-27-34)35-28-20-13-21-29-35/h10-31H,1-9H3. The SMILES string of the molecule is CC(C)(C)c1cc(C(C)(C)C)c(OP2OC(c3ccccc3)(c3ccccc3)C(c3ccccc3)(c3ccccc3)O2)c(C(C)(C)C)c1. The summed E-state index contributed by atoms with van der Waals surface area (Å²) in [6.45, 7) is 20.4. The van der Waals surface area contributed by atoms with Crippen molar-refractivity contribution in [2.75, 3.05) is 0 Å². The second-order valence-electron chi connectivity index (χ2n) is 16.0. The number of benzene rings is 5. The van der Waals surface area contributed by atoms with E-state index in [1.165, 1.54) is 5.56 Å². The van der Waals surface area contributed by atoms with Crippen molar-refractivity contribution < 1.29 is 13.6 Å². The molecule has 48 heavy (non-hydrogen) atoms. The molecule has 1 saturated heterocycles. The van der Waals surface area contributed by atoms with E-state index in [4.69, 9.17) is 13.6 Å². The third-order valence-corrected chi connectivity index (χ3v) is 10.6. The molecular weight excluding hydrogens is 607 g/mol. The van der Waals surface area contributed by atoms with Crippen LogP contribution in [0.25, 0.3) is 0 Å². The molecule has 248 valence electrons. The minimum absolute atomic E-state index is 0.0320. The van der Waals surface area contributed by atoms with E-state index >= 15 is 0 Å². The summed E-state index contributed by atoms with van der Waals surface area (Å²) < 4.78 is 22.3. The van der Waals surface area contributed by atoms with Crippen molar-refractivity contribution >= 4 is 8.60 Å². The fourth-order valence-electron chi connectivity index (χ4n) is 6.81. The van der Waals surface area contributed by atoms with Crippen LogP contribution in [-0.2, 0) is 36.5 Å². The van der Waals surface area contributed by atoms with Crippen molar-refractivity contribution in [1.82, 2.24) is 0 Å². The van der Waals surface area contributed by atoms with Crippen molar-refractivity contribution in [3.8, 4) is 5.75 Å². The maximum absolute atomic E-state index is 7.50. The molecule has 4 heteroatoms. The largest absolute Gasteiger partial charge is 0.426 e. The molecule has 0 unspecified atom stereocenters. The topological polar surface area (TPSA) is 27.7 Å². The Morgan fingerprint density at radius 1 is 0.438 bits per heavy atom. The van der Waals surface area contributed by atoms with E-state index < -0.39 is 19.8 Å². The summed E-state index contributed by atoms with van der Waals surface area (Å²) in [4.78, 5) is 0. The van der Waals surface area contributed by atoms with Gasteiger partial charge in [0.25, 0.3) is 0 Å². The highest BCUT2D eigenvalue weighted by Crippen LogP contribution is 2.70. The molecule has 6 rings (SSSR count). The number of hydrogen-bond acceptors (Lipinski definition) is 3. The maximum atomic E-state index is 7.50. The Bertz CT molecular complexity index is 1630. The first-order chi connectivity index (χ1) is 22.7. The summed E-state index contributed by atoms with van der Waals surface area (Å²) in [6, 6.07) is 46.6. The summed E-state index contributed by atoms with van der Waals surface area (Å²) >= 11 is 0. The van der Waals surface area contributed by atoms with E-state index in [0.717, 1.165) is 39.1 Å². The van der Waals surface area contributed by atoms with Crippen LogP contribution in [0.2, 0.25) is 0 Å². The lowest BCUT2D eigenvalue weighted by Gasteiger charge is -2.43. The zero-order chi connectivity index (χ0) is 34.4. The van der Waals surface area contributed by atoms with Crippen molar-refractivity contribution in [3.05, 3.63) is 172 Å². The highest BCUT2D eigenvalue weighted by Gasteiger charge is 2.67. The monoisotopic (exact) mass is 656 g/mol. The predicted molar refractivity (Wildman–Crippen MR) is 200 cm³/mol. The van der Waals surface area contributed by atoms with Gasteiger partial charge in [-0.15, -0.1) is 0 Å². The average molecular weight is 657 g/mol. The fraction of sp³-hybridized carbons (Fsp3) is 0.318. The zero-order valence-corrected chi connectivity index (χ0v) is 30.8. The lowest BCUT2D eigenvalue weighted by molar-refractivity contribution is 0.00370. The van der Waals surface area contributed by atoms with Gasteiger partial charge in [-0.3, -0.25) is 9.05 Å². The highest BCUT2D eigenvalue weighted by molar-refractivity contribution is 7.42. The first kappa shape index (κ1) is 34.1. The first-order valence-electron chi connectivity index (χ1n) is 17.0. The molecular formula is C44H49O3P. The van der Waals surface area contributed by atoms with Gasteiger partial charge in [0.15, 0.2) is 11.2 Å². The zero-order valence-electron chi connectivity index (χ0n) is 29.9. The Morgan fingerprint density at radius 2 is 0.729 bits per heavy atom. The van der Waals surface area contributed by atoms with E-state index in [2.05, 4.69) is 172 Å². The molecule has 1 fully saturated rings. The lowest BCUT2D eigenvalue weighted by Crippen LogP contribution is -2.48. The molecule has 1 aliphatic heterocycles. The van der Waals surface area contributed by atoms with Gasteiger partial charge in [-0.2, -0.15) is 0 Å². The van der Waals surface area contributed by atoms with Gasteiger partial charge in [-0.1, -0.05) is 196 Å². The third-order valence-electron chi connectivity index (χ3n) is 9.38. The Labute approximate surface area is 289 Å². The van der Waals surface area contributed by atoms with Crippen LogP contribution >= 0.6 is 8.60 Å². The summed E-state index contributed by atoms with van der Waals surface area (Å²) in [5.41, 5.74) is 4.97. The Hall–Kier alpha value is -3.75. The van der Waals surface area contributed by atoms with E-state index in [9.17, 15) is 0 Å². The molecule has 1 aliphatic rings. The van der Waals surface area contributed by atoms with Crippen molar-refractivity contribution in [3.63, 3.8) is 0 Å². The molecule has 5 aromatic rings. The molecule has 0 spiro atoms. The van der Waals surface area contributed by atoms with Crippen LogP contribution in [0.15, 0.2) is 133 Å². The van der Waals surface area contributed by atoms with Crippen molar-refractivity contribution in [2.24, 2.45) is 0 Å². The minimum Gasteiger partial charge on any atom is -0.426 e. The van der Waals surface area contributed by atoms with Gasteiger partial charge < -0.3 is 4.52 Å². The molecule has 3 nitrogen and oxygen atoms in total. The second-order valence-corrected chi connectivity index (χ2v) is 17.0. The van der Waals surface area contributed by atoms with Crippen molar-refractivity contribution in [1.29, 1.82) is 0 Å². The quantitative estimate of drug-likeness (QED) is 0.170. The van der Waals surface area contributed by atoms with Gasteiger partial charge >= 0.3 is 8.60 Å². The minimum atomic E-state index is -1.96. The fourth-order valence-corrected chi connectivity index (χ4v) is 8.39. The average Bonchev–Trinajstić information content (AvgIpc) is 3.41. The smallest absolute Gasteiger partial charge is 0.400 e. The third kappa shape index (κ3) is 6.02. The lowest BCUT2D eigenvalue weighted by atomic mass is 9.66. The van der Waals surface area contributed by atoms with Crippen LogP contribution in [-0.4, -0.2) is 0 Å². The molecule has 0 amide bonds. The van der Waals surface area contributed by atoms with Crippen LogP contribution in [0.4, 0.5) is 0 Å². The van der Waals surface area contributed by atoms with E-state index in [-0.39, 0.29) is 16.2 Å². The molecule has 0 saturated carbocycles. The molecule has 0 radical (unpaired) electrons. The summed E-state index contributed by atoms with van der Waals surface area (Å²) in [7, 11) is -1.96. The van der Waals surface area contributed by atoms with Gasteiger partial charge in [0.2, 0.25) is 0 Å². The van der Waals surface area contributed by atoms with E-state index in [1.807, 2.05) is 24.3 Å². The number of rotatable bonds is 6. The first-order valence-corrected chi connectivity index (χ1v) is 18.1. The molecule has 0 bridgehead atoms. The maximum Gasteiger partial charge on any atom is 0.400 e. The van der Waals surface area contributed by atoms with Gasteiger partial charge in [0.05, 0.1) is 0 Å². The Kier molecular flexibility index (Phi) is 8.96. The van der Waals surface area contributed by atoms with Crippen LogP contribution in [0.3, 0.4) is 0 Å². The number of hydrogen-bond donors (Lipinski definition) is 0. The Morgan fingerprint density at radius 3 is 0.979 bits per heavy atom. The normalized spacial score (nSPS) is 16.5. The summed E-state index contributed by atoms with van der Waals surface area (Å²) in [6.07, 6.45) is 0. The molecule has 0 N–H and O–H groups in total. The highest BCUT2D eigenvalue weighted by atomic mass is 31.2. The molecule has 0 aromatic heterocycles. The van der Waals surface area contributed by atoms with Crippen LogP contribution in [0.1, 0.15) is 101 Å². The molecule has 0 atom stereocenters. The summed E-state index contributed by atoms with van der Waals surface area (Å²) in [5.74, 6) is 0.848. The van der Waals surface area contributed by atoms with Crippen LogP contribution < -0.4 is 4.52 Å². The van der Waals surface area contributed by atoms with E-state index in [1.54, 1.807) is 0 Å². The summed E-state index contributed by atoms with van der Waals surface area (Å²) in [5, 5.41) is 0. The predicted octanol–water partition coefficient (Wildman–Crippen LogP) is 12.1. The van der Waals surface area contributed by atoms with Gasteiger partial charge in [-0.25, -0.2) is 0 Å². The van der Waals surface area contributed by atoms with Crippen molar-refractivity contribution in [2.45, 2.75) is 89.8 Å².